The van der Waals surface area contributed by atoms with Crippen LogP contribution in [0.4, 0.5) is 0 Å². The molecular formula is C17H18BrClO. The number of aliphatic hydroxyl groups is 1. The van der Waals surface area contributed by atoms with E-state index in [-0.39, 0.29) is 5.92 Å². The van der Waals surface area contributed by atoms with Crippen LogP contribution in [-0.4, -0.2) is 11.2 Å². The van der Waals surface area contributed by atoms with Crippen LogP contribution in [0.2, 0.25) is 5.02 Å². The highest BCUT2D eigenvalue weighted by Gasteiger charge is 2.20. The van der Waals surface area contributed by atoms with Crippen molar-refractivity contribution in [2.75, 3.05) is 0 Å². The molecule has 106 valence electrons. The first-order valence-corrected chi connectivity index (χ1v) is 7.96. The lowest BCUT2D eigenvalue weighted by molar-refractivity contribution is 0.141. The molecule has 20 heavy (non-hydrogen) atoms. The highest BCUT2D eigenvalue weighted by Crippen LogP contribution is 2.28. The maximum atomic E-state index is 10.5. The minimum atomic E-state index is -0.430. The van der Waals surface area contributed by atoms with Crippen molar-refractivity contribution in [3.05, 3.63) is 69.2 Å². The maximum absolute atomic E-state index is 10.5. The SMILES string of the molecule is CCC(c1ccccc1)C(O)Cc1ccc(Br)cc1Cl. The van der Waals surface area contributed by atoms with E-state index in [1.807, 2.05) is 36.4 Å². The smallest absolute Gasteiger partial charge is 0.0649 e. The second kappa shape index (κ2) is 7.26. The zero-order valence-electron chi connectivity index (χ0n) is 11.4. The van der Waals surface area contributed by atoms with Crippen LogP contribution in [-0.2, 0) is 6.42 Å². The molecule has 0 radical (unpaired) electrons. The Hall–Kier alpha value is -0.830. The molecule has 0 heterocycles. The average molecular weight is 354 g/mol. The van der Waals surface area contributed by atoms with Crippen LogP contribution in [0.3, 0.4) is 0 Å². The molecule has 0 aliphatic carbocycles. The van der Waals surface area contributed by atoms with Crippen molar-refractivity contribution < 1.29 is 5.11 Å². The van der Waals surface area contributed by atoms with Crippen LogP contribution in [0.15, 0.2) is 53.0 Å². The number of hydrogen-bond acceptors (Lipinski definition) is 1. The van der Waals surface area contributed by atoms with E-state index < -0.39 is 6.10 Å². The normalized spacial score (nSPS) is 14.0. The van der Waals surface area contributed by atoms with Crippen molar-refractivity contribution in [2.45, 2.75) is 31.8 Å². The molecule has 3 heteroatoms. The average Bonchev–Trinajstić information content (AvgIpc) is 2.44. The molecule has 1 N–H and O–H groups in total. The monoisotopic (exact) mass is 352 g/mol. The third-order valence-electron chi connectivity index (χ3n) is 3.58. The molecule has 1 nitrogen and oxygen atoms in total. The van der Waals surface area contributed by atoms with Gasteiger partial charge in [0.1, 0.15) is 0 Å². The minimum absolute atomic E-state index is 0.135. The lowest BCUT2D eigenvalue weighted by Crippen LogP contribution is -2.20. The summed E-state index contributed by atoms with van der Waals surface area (Å²) in [7, 11) is 0. The first-order valence-electron chi connectivity index (χ1n) is 6.78. The molecule has 0 aliphatic rings. The number of halogens is 2. The molecule has 2 unspecified atom stereocenters. The third-order valence-corrected chi connectivity index (χ3v) is 4.42. The van der Waals surface area contributed by atoms with Gasteiger partial charge in [-0.15, -0.1) is 0 Å². The molecular weight excluding hydrogens is 336 g/mol. The molecule has 0 bridgehead atoms. The Kier molecular flexibility index (Phi) is 5.64. The Labute approximate surface area is 133 Å². The molecule has 0 saturated heterocycles. The van der Waals surface area contributed by atoms with Gasteiger partial charge in [-0.2, -0.15) is 0 Å². The first-order chi connectivity index (χ1) is 9.61. The fourth-order valence-electron chi connectivity index (χ4n) is 2.48. The quantitative estimate of drug-likeness (QED) is 0.783. The Bertz CT molecular complexity index is 556. The minimum Gasteiger partial charge on any atom is -0.392 e. The summed E-state index contributed by atoms with van der Waals surface area (Å²) >= 11 is 9.62. The molecule has 0 saturated carbocycles. The second-order valence-electron chi connectivity index (χ2n) is 4.93. The zero-order valence-corrected chi connectivity index (χ0v) is 13.7. The number of aliphatic hydroxyl groups excluding tert-OH is 1. The predicted molar refractivity (Wildman–Crippen MR) is 88.3 cm³/mol. The summed E-state index contributed by atoms with van der Waals surface area (Å²) in [4.78, 5) is 0. The van der Waals surface area contributed by atoms with E-state index in [2.05, 4.69) is 35.0 Å². The van der Waals surface area contributed by atoms with E-state index in [0.29, 0.717) is 11.4 Å². The van der Waals surface area contributed by atoms with Gasteiger partial charge < -0.3 is 5.11 Å². The van der Waals surface area contributed by atoms with E-state index in [0.717, 1.165) is 16.5 Å². The summed E-state index contributed by atoms with van der Waals surface area (Å²) in [5, 5.41) is 11.2. The van der Waals surface area contributed by atoms with Crippen LogP contribution < -0.4 is 0 Å². The molecule has 2 aromatic rings. The number of rotatable bonds is 5. The van der Waals surface area contributed by atoms with Gasteiger partial charge in [0, 0.05) is 21.8 Å². The second-order valence-corrected chi connectivity index (χ2v) is 6.26. The number of hydrogen-bond donors (Lipinski definition) is 1. The van der Waals surface area contributed by atoms with Crippen molar-refractivity contribution in [3.63, 3.8) is 0 Å². The molecule has 0 spiro atoms. The van der Waals surface area contributed by atoms with Crippen molar-refractivity contribution in [3.8, 4) is 0 Å². The largest absolute Gasteiger partial charge is 0.392 e. The van der Waals surface area contributed by atoms with Gasteiger partial charge >= 0.3 is 0 Å². The van der Waals surface area contributed by atoms with E-state index >= 15 is 0 Å². The van der Waals surface area contributed by atoms with Gasteiger partial charge in [-0.3, -0.25) is 0 Å². The molecule has 2 aromatic carbocycles. The fourth-order valence-corrected chi connectivity index (χ4v) is 3.24. The van der Waals surface area contributed by atoms with Crippen molar-refractivity contribution in [1.82, 2.24) is 0 Å². The molecule has 0 amide bonds. The molecule has 0 fully saturated rings. The summed E-state index contributed by atoms with van der Waals surface area (Å²) in [6.45, 7) is 2.10. The van der Waals surface area contributed by atoms with E-state index in [1.54, 1.807) is 0 Å². The van der Waals surface area contributed by atoms with E-state index in [1.165, 1.54) is 5.56 Å². The van der Waals surface area contributed by atoms with Gasteiger partial charge in [0.15, 0.2) is 0 Å². The summed E-state index contributed by atoms with van der Waals surface area (Å²) in [5.41, 5.74) is 2.16. The van der Waals surface area contributed by atoms with Crippen LogP contribution in [0, 0.1) is 0 Å². The standard InChI is InChI=1S/C17H18BrClO/c1-2-15(12-6-4-3-5-7-12)17(20)10-13-8-9-14(18)11-16(13)19/h3-9,11,15,17,20H,2,10H2,1H3. The topological polar surface area (TPSA) is 20.2 Å². The Morgan fingerprint density at radius 1 is 1.15 bits per heavy atom. The zero-order chi connectivity index (χ0) is 14.5. The maximum Gasteiger partial charge on any atom is 0.0649 e. The van der Waals surface area contributed by atoms with Crippen LogP contribution in [0.5, 0.6) is 0 Å². The third kappa shape index (κ3) is 3.85. The van der Waals surface area contributed by atoms with Gasteiger partial charge in [0.25, 0.3) is 0 Å². The predicted octanol–water partition coefficient (Wildman–Crippen LogP) is 5.20. The van der Waals surface area contributed by atoms with Gasteiger partial charge in [0.2, 0.25) is 0 Å². The first kappa shape index (κ1) is 15.6. The Morgan fingerprint density at radius 2 is 1.85 bits per heavy atom. The van der Waals surface area contributed by atoms with Gasteiger partial charge in [-0.05, 0) is 29.7 Å². The van der Waals surface area contributed by atoms with Crippen LogP contribution >= 0.6 is 27.5 Å². The summed E-state index contributed by atoms with van der Waals surface area (Å²) in [6.07, 6.45) is 1.04. The number of benzene rings is 2. The summed E-state index contributed by atoms with van der Waals surface area (Å²) in [5.74, 6) is 0.135. The van der Waals surface area contributed by atoms with E-state index in [4.69, 9.17) is 11.6 Å². The van der Waals surface area contributed by atoms with Crippen molar-refractivity contribution >= 4 is 27.5 Å². The lowest BCUT2D eigenvalue weighted by Gasteiger charge is -2.22. The fraction of sp³-hybridized carbons (Fsp3) is 0.294. The van der Waals surface area contributed by atoms with E-state index in [9.17, 15) is 5.11 Å². The summed E-state index contributed by atoms with van der Waals surface area (Å²) in [6, 6.07) is 15.9. The molecule has 2 rings (SSSR count). The summed E-state index contributed by atoms with van der Waals surface area (Å²) < 4.78 is 0.954. The lowest BCUT2D eigenvalue weighted by atomic mass is 9.88. The molecule has 0 aliphatic heterocycles. The van der Waals surface area contributed by atoms with Crippen molar-refractivity contribution in [1.29, 1.82) is 0 Å². The van der Waals surface area contributed by atoms with Gasteiger partial charge in [-0.1, -0.05) is 70.9 Å². The Morgan fingerprint density at radius 3 is 2.45 bits per heavy atom. The molecule has 2 atom stereocenters. The van der Waals surface area contributed by atoms with Crippen LogP contribution in [0.1, 0.15) is 30.4 Å². The highest BCUT2D eigenvalue weighted by atomic mass is 79.9. The van der Waals surface area contributed by atoms with Gasteiger partial charge in [-0.25, -0.2) is 0 Å². The van der Waals surface area contributed by atoms with Crippen molar-refractivity contribution in [2.24, 2.45) is 0 Å². The highest BCUT2D eigenvalue weighted by molar-refractivity contribution is 9.10. The van der Waals surface area contributed by atoms with Gasteiger partial charge in [0.05, 0.1) is 6.10 Å². The Balaban J connectivity index is 2.15. The molecule has 0 aromatic heterocycles. The van der Waals surface area contributed by atoms with Crippen LogP contribution in [0.25, 0.3) is 0 Å².